The molecule has 0 atom stereocenters. The lowest BCUT2D eigenvalue weighted by Gasteiger charge is -2.35. The Balaban J connectivity index is 1.51. The third-order valence-electron chi connectivity index (χ3n) is 5.09. The highest BCUT2D eigenvalue weighted by Gasteiger charge is 2.22. The molecule has 1 aromatic rings. The molecule has 2 aliphatic heterocycles. The van der Waals surface area contributed by atoms with Crippen LogP contribution >= 0.6 is 0 Å². The van der Waals surface area contributed by atoms with E-state index < -0.39 is 0 Å². The highest BCUT2D eigenvalue weighted by atomic mass is 16.2. The summed E-state index contributed by atoms with van der Waals surface area (Å²) in [6, 6.07) is 8.27. The van der Waals surface area contributed by atoms with Crippen molar-refractivity contribution in [1.29, 1.82) is 0 Å². The fourth-order valence-corrected chi connectivity index (χ4v) is 3.78. The van der Waals surface area contributed by atoms with Crippen LogP contribution in [0.15, 0.2) is 24.3 Å². The second-order valence-electron chi connectivity index (χ2n) is 7.67. The molecular weight excluding hydrogens is 298 g/mol. The molecule has 132 valence electrons. The number of amides is 1. The van der Waals surface area contributed by atoms with Gasteiger partial charge < -0.3 is 4.90 Å². The van der Waals surface area contributed by atoms with Crippen molar-refractivity contribution in [3.05, 3.63) is 35.4 Å². The van der Waals surface area contributed by atoms with Crippen molar-refractivity contribution in [1.82, 2.24) is 14.7 Å². The van der Waals surface area contributed by atoms with Gasteiger partial charge in [0.1, 0.15) is 0 Å². The minimum absolute atomic E-state index is 0.187. The van der Waals surface area contributed by atoms with Gasteiger partial charge in [-0.1, -0.05) is 26.0 Å². The van der Waals surface area contributed by atoms with Crippen LogP contribution in [-0.2, 0) is 6.54 Å². The smallest absolute Gasteiger partial charge is 0.253 e. The molecule has 4 nitrogen and oxygen atoms in total. The number of hydrogen-bond donors (Lipinski definition) is 0. The number of hydrogen-bond acceptors (Lipinski definition) is 3. The Morgan fingerprint density at radius 2 is 1.54 bits per heavy atom. The van der Waals surface area contributed by atoms with E-state index in [-0.39, 0.29) is 5.91 Å². The maximum Gasteiger partial charge on any atom is 0.253 e. The molecule has 1 aromatic carbocycles. The lowest BCUT2D eigenvalue weighted by molar-refractivity contribution is 0.0624. The number of carbonyl (C=O) groups excluding carboxylic acids is 1. The minimum Gasteiger partial charge on any atom is -0.336 e. The molecule has 2 aliphatic rings. The molecule has 2 saturated heterocycles. The fourth-order valence-electron chi connectivity index (χ4n) is 3.78. The van der Waals surface area contributed by atoms with Gasteiger partial charge in [0.2, 0.25) is 0 Å². The van der Waals surface area contributed by atoms with Gasteiger partial charge >= 0.3 is 0 Å². The molecule has 2 fully saturated rings. The summed E-state index contributed by atoms with van der Waals surface area (Å²) in [5, 5.41) is 0. The van der Waals surface area contributed by atoms with Crippen molar-refractivity contribution < 1.29 is 4.79 Å². The van der Waals surface area contributed by atoms with Crippen LogP contribution in [0.25, 0.3) is 0 Å². The monoisotopic (exact) mass is 329 g/mol. The molecule has 0 bridgehead atoms. The second kappa shape index (κ2) is 8.13. The summed E-state index contributed by atoms with van der Waals surface area (Å²) in [6.45, 7) is 12.8. The zero-order valence-corrected chi connectivity index (χ0v) is 15.2. The van der Waals surface area contributed by atoms with Gasteiger partial charge in [-0.2, -0.15) is 0 Å². The van der Waals surface area contributed by atoms with Crippen LogP contribution in [0.1, 0.15) is 42.6 Å². The third kappa shape index (κ3) is 4.58. The molecule has 0 spiro atoms. The van der Waals surface area contributed by atoms with Crippen LogP contribution in [0.5, 0.6) is 0 Å². The summed E-state index contributed by atoms with van der Waals surface area (Å²) >= 11 is 0. The topological polar surface area (TPSA) is 26.8 Å². The van der Waals surface area contributed by atoms with Crippen molar-refractivity contribution in [2.75, 3.05) is 45.8 Å². The first-order valence-corrected chi connectivity index (χ1v) is 9.45. The number of nitrogens with zero attached hydrogens (tertiary/aromatic N) is 3. The van der Waals surface area contributed by atoms with Crippen molar-refractivity contribution in [3.63, 3.8) is 0 Å². The number of likely N-dealkylation sites (tertiary alicyclic amines) is 1. The summed E-state index contributed by atoms with van der Waals surface area (Å²) in [7, 11) is 0. The number of benzene rings is 1. The Kier molecular flexibility index (Phi) is 5.90. The Morgan fingerprint density at radius 3 is 2.12 bits per heavy atom. The maximum atomic E-state index is 12.7. The SMILES string of the molecule is CC(C)CN1CCN(C(=O)c2ccc(CN3CCCC3)cc2)CC1. The minimum atomic E-state index is 0.187. The van der Waals surface area contributed by atoms with Gasteiger partial charge in [-0.15, -0.1) is 0 Å². The van der Waals surface area contributed by atoms with Crippen LogP contribution in [0.2, 0.25) is 0 Å². The van der Waals surface area contributed by atoms with Gasteiger partial charge in [0, 0.05) is 44.8 Å². The van der Waals surface area contributed by atoms with E-state index in [1.165, 1.54) is 31.5 Å². The average molecular weight is 329 g/mol. The molecule has 0 unspecified atom stereocenters. The molecule has 2 heterocycles. The quantitative estimate of drug-likeness (QED) is 0.831. The lowest BCUT2D eigenvalue weighted by Crippen LogP contribution is -2.49. The molecule has 24 heavy (non-hydrogen) atoms. The first-order chi connectivity index (χ1) is 11.6. The van der Waals surface area contributed by atoms with Crippen molar-refractivity contribution in [2.24, 2.45) is 5.92 Å². The van der Waals surface area contributed by atoms with Gasteiger partial charge in [-0.3, -0.25) is 14.6 Å². The highest BCUT2D eigenvalue weighted by molar-refractivity contribution is 5.94. The van der Waals surface area contributed by atoms with Gasteiger partial charge in [-0.05, 0) is 49.5 Å². The number of rotatable bonds is 5. The average Bonchev–Trinajstić information content (AvgIpc) is 3.08. The van der Waals surface area contributed by atoms with Crippen molar-refractivity contribution >= 4 is 5.91 Å². The Hall–Kier alpha value is -1.39. The molecule has 4 heteroatoms. The van der Waals surface area contributed by atoms with E-state index in [1.807, 2.05) is 17.0 Å². The molecule has 1 amide bonds. The third-order valence-corrected chi connectivity index (χ3v) is 5.09. The van der Waals surface area contributed by atoms with Gasteiger partial charge in [0.05, 0.1) is 0 Å². The maximum absolute atomic E-state index is 12.7. The fraction of sp³-hybridized carbons (Fsp3) is 0.650. The molecule has 3 rings (SSSR count). The Bertz CT molecular complexity index is 526. The van der Waals surface area contributed by atoms with Gasteiger partial charge in [-0.25, -0.2) is 0 Å². The van der Waals surface area contributed by atoms with E-state index in [1.54, 1.807) is 0 Å². The van der Waals surface area contributed by atoms with Crippen LogP contribution in [0.4, 0.5) is 0 Å². The normalized spacial score (nSPS) is 20.0. The molecule has 0 saturated carbocycles. The highest BCUT2D eigenvalue weighted by Crippen LogP contribution is 2.15. The second-order valence-corrected chi connectivity index (χ2v) is 7.67. The van der Waals surface area contributed by atoms with E-state index >= 15 is 0 Å². The predicted molar refractivity (Wildman–Crippen MR) is 98.1 cm³/mol. The Labute approximate surface area is 146 Å². The van der Waals surface area contributed by atoms with Gasteiger partial charge in [0.15, 0.2) is 0 Å². The number of piperazine rings is 1. The summed E-state index contributed by atoms with van der Waals surface area (Å²) in [5.74, 6) is 0.877. The number of carbonyl (C=O) groups is 1. The zero-order chi connectivity index (χ0) is 16.9. The van der Waals surface area contributed by atoms with E-state index in [2.05, 4.69) is 35.8 Å². The predicted octanol–water partition coefficient (Wildman–Crippen LogP) is 2.70. The van der Waals surface area contributed by atoms with E-state index in [0.29, 0.717) is 5.92 Å². The molecule has 0 N–H and O–H groups in total. The summed E-state index contributed by atoms with van der Waals surface area (Å²) in [4.78, 5) is 19.6. The summed E-state index contributed by atoms with van der Waals surface area (Å²) < 4.78 is 0. The van der Waals surface area contributed by atoms with Crippen LogP contribution in [0.3, 0.4) is 0 Å². The van der Waals surface area contributed by atoms with Gasteiger partial charge in [0.25, 0.3) is 5.91 Å². The molecule has 0 aromatic heterocycles. The van der Waals surface area contributed by atoms with Crippen LogP contribution < -0.4 is 0 Å². The van der Waals surface area contributed by atoms with Crippen LogP contribution in [-0.4, -0.2) is 66.4 Å². The van der Waals surface area contributed by atoms with Crippen LogP contribution in [0, 0.1) is 5.92 Å². The van der Waals surface area contributed by atoms with Crippen molar-refractivity contribution in [2.45, 2.75) is 33.2 Å². The van der Waals surface area contributed by atoms with E-state index in [4.69, 9.17) is 0 Å². The molecule has 0 radical (unpaired) electrons. The first-order valence-electron chi connectivity index (χ1n) is 9.45. The largest absolute Gasteiger partial charge is 0.336 e. The summed E-state index contributed by atoms with van der Waals surface area (Å²) in [5.41, 5.74) is 2.15. The summed E-state index contributed by atoms with van der Waals surface area (Å²) in [6.07, 6.45) is 2.64. The zero-order valence-electron chi connectivity index (χ0n) is 15.2. The van der Waals surface area contributed by atoms with Crippen molar-refractivity contribution in [3.8, 4) is 0 Å². The molecular formula is C20H31N3O. The standard InChI is InChI=1S/C20H31N3O/c1-17(2)15-22-11-13-23(14-12-22)20(24)19-7-5-18(6-8-19)16-21-9-3-4-10-21/h5-8,17H,3-4,9-16H2,1-2H3. The first kappa shape index (κ1) is 17.4. The molecule has 0 aliphatic carbocycles. The van der Waals surface area contributed by atoms with E-state index in [9.17, 15) is 4.79 Å². The lowest BCUT2D eigenvalue weighted by atomic mass is 10.1. The Morgan fingerprint density at radius 1 is 0.917 bits per heavy atom. The van der Waals surface area contributed by atoms with E-state index in [0.717, 1.165) is 44.8 Å².